The van der Waals surface area contributed by atoms with Gasteiger partial charge in [0.05, 0.1) is 4.90 Å². The van der Waals surface area contributed by atoms with E-state index in [0.29, 0.717) is 13.1 Å². The average molecular weight is 290 g/mol. The van der Waals surface area contributed by atoms with Gasteiger partial charge in [-0.15, -0.1) is 0 Å². The lowest BCUT2D eigenvalue weighted by Gasteiger charge is -2.18. The molecule has 0 fully saturated rings. The number of thiocarbonyl (C=S) groups is 1. The zero-order valence-electron chi connectivity index (χ0n) is 10.2. The molecule has 0 saturated carbocycles. The van der Waals surface area contributed by atoms with E-state index in [1.165, 1.54) is 16.4 Å². The first-order valence-corrected chi connectivity index (χ1v) is 7.28. The summed E-state index contributed by atoms with van der Waals surface area (Å²) < 4.78 is 39.1. The molecule has 0 bridgehead atoms. The van der Waals surface area contributed by atoms with Crippen LogP contribution in [0.2, 0.25) is 0 Å². The molecule has 0 aromatic heterocycles. The molecule has 1 aromatic carbocycles. The van der Waals surface area contributed by atoms with Crippen molar-refractivity contribution in [1.29, 1.82) is 0 Å². The molecule has 100 valence electrons. The molecule has 18 heavy (non-hydrogen) atoms. The summed E-state index contributed by atoms with van der Waals surface area (Å²) in [7, 11) is -3.62. The van der Waals surface area contributed by atoms with E-state index in [1.807, 2.05) is 0 Å². The van der Waals surface area contributed by atoms with E-state index >= 15 is 0 Å². The molecular formula is C11H15FN2O2S2. The number of rotatable bonds is 5. The lowest BCUT2D eigenvalue weighted by atomic mass is 10.2. The van der Waals surface area contributed by atoms with Crippen LogP contribution in [0.1, 0.15) is 19.4 Å². The van der Waals surface area contributed by atoms with E-state index in [-0.39, 0.29) is 15.4 Å². The molecular weight excluding hydrogens is 275 g/mol. The molecule has 2 N–H and O–H groups in total. The van der Waals surface area contributed by atoms with Crippen molar-refractivity contribution in [2.45, 2.75) is 18.7 Å². The molecule has 0 spiro atoms. The maximum Gasteiger partial charge on any atom is 0.243 e. The van der Waals surface area contributed by atoms with Crippen LogP contribution in [0.4, 0.5) is 4.39 Å². The zero-order chi connectivity index (χ0) is 13.9. The third kappa shape index (κ3) is 2.85. The minimum absolute atomic E-state index is 0.00426. The van der Waals surface area contributed by atoms with Crippen LogP contribution in [0.3, 0.4) is 0 Å². The quantitative estimate of drug-likeness (QED) is 0.835. The van der Waals surface area contributed by atoms with Gasteiger partial charge < -0.3 is 5.73 Å². The predicted molar refractivity (Wildman–Crippen MR) is 72.4 cm³/mol. The van der Waals surface area contributed by atoms with E-state index < -0.39 is 15.8 Å². The Morgan fingerprint density at radius 1 is 1.39 bits per heavy atom. The van der Waals surface area contributed by atoms with Crippen LogP contribution in [0, 0.1) is 5.82 Å². The SMILES string of the molecule is CCN(CC)S(=O)(=O)c1ccc(F)c(C(N)=S)c1. The fourth-order valence-electron chi connectivity index (χ4n) is 1.57. The maximum absolute atomic E-state index is 13.4. The number of hydrogen-bond acceptors (Lipinski definition) is 3. The second kappa shape index (κ2) is 5.73. The number of sulfonamides is 1. The summed E-state index contributed by atoms with van der Waals surface area (Å²) in [5.41, 5.74) is 5.29. The first-order chi connectivity index (χ1) is 8.34. The Hall–Kier alpha value is -1.05. The normalized spacial score (nSPS) is 11.8. The summed E-state index contributed by atoms with van der Waals surface area (Å²) in [5, 5.41) is 0. The van der Waals surface area contributed by atoms with E-state index in [2.05, 4.69) is 12.2 Å². The lowest BCUT2D eigenvalue weighted by molar-refractivity contribution is 0.445. The minimum Gasteiger partial charge on any atom is -0.389 e. The number of hydrogen-bond donors (Lipinski definition) is 1. The van der Waals surface area contributed by atoms with Crippen LogP contribution < -0.4 is 5.73 Å². The van der Waals surface area contributed by atoms with E-state index in [4.69, 9.17) is 5.73 Å². The van der Waals surface area contributed by atoms with Crippen LogP contribution in [-0.2, 0) is 10.0 Å². The Labute approximate surface area is 112 Å². The third-order valence-electron chi connectivity index (χ3n) is 2.55. The number of halogens is 1. The summed E-state index contributed by atoms with van der Waals surface area (Å²) in [5.74, 6) is -0.624. The van der Waals surface area contributed by atoms with Crippen molar-refractivity contribution in [3.8, 4) is 0 Å². The number of nitrogens with zero attached hydrogens (tertiary/aromatic N) is 1. The summed E-state index contributed by atoms with van der Waals surface area (Å²) in [6.07, 6.45) is 0. The minimum atomic E-state index is -3.62. The van der Waals surface area contributed by atoms with Crippen molar-refractivity contribution in [2.24, 2.45) is 5.73 Å². The first-order valence-electron chi connectivity index (χ1n) is 5.44. The Kier molecular flexibility index (Phi) is 4.78. The molecule has 0 saturated heterocycles. The molecule has 0 aliphatic heterocycles. The first kappa shape index (κ1) is 15.0. The van der Waals surface area contributed by atoms with Crippen LogP contribution in [0.15, 0.2) is 23.1 Å². The molecule has 0 heterocycles. The van der Waals surface area contributed by atoms with Gasteiger partial charge >= 0.3 is 0 Å². The van der Waals surface area contributed by atoms with Gasteiger partial charge in [0.25, 0.3) is 0 Å². The molecule has 0 aliphatic carbocycles. The van der Waals surface area contributed by atoms with Crippen molar-refractivity contribution in [1.82, 2.24) is 4.31 Å². The Balaban J connectivity index is 3.34. The molecule has 0 radical (unpaired) electrons. The number of nitrogens with two attached hydrogens (primary N) is 1. The van der Waals surface area contributed by atoms with E-state index in [1.54, 1.807) is 13.8 Å². The maximum atomic E-state index is 13.4. The van der Waals surface area contributed by atoms with Crippen LogP contribution in [0.5, 0.6) is 0 Å². The smallest absolute Gasteiger partial charge is 0.243 e. The Morgan fingerprint density at radius 3 is 2.39 bits per heavy atom. The third-order valence-corrected chi connectivity index (χ3v) is 4.81. The van der Waals surface area contributed by atoms with Crippen molar-refractivity contribution >= 4 is 27.2 Å². The standard InChI is InChI=1S/C11H15FN2O2S2/c1-3-14(4-2)18(15,16)8-5-6-10(12)9(7-8)11(13)17/h5-7H,3-4H2,1-2H3,(H2,13,17). The van der Waals surface area contributed by atoms with Crippen LogP contribution in [-0.4, -0.2) is 30.8 Å². The summed E-state index contributed by atoms with van der Waals surface area (Å²) in [6, 6.07) is 3.45. The van der Waals surface area contributed by atoms with Crippen molar-refractivity contribution in [2.75, 3.05) is 13.1 Å². The van der Waals surface area contributed by atoms with Gasteiger partial charge in [-0.1, -0.05) is 26.1 Å². The highest BCUT2D eigenvalue weighted by Gasteiger charge is 2.22. The van der Waals surface area contributed by atoms with Gasteiger partial charge in [0.1, 0.15) is 10.8 Å². The molecule has 1 rings (SSSR count). The average Bonchev–Trinajstić information content (AvgIpc) is 2.30. The monoisotopic (exact) mass is 290 g/mol. The molecule has 4 nitrogen and oxygen atoms in total. The second-order valence-corrected chi connectivity index (χ2v) is 5.97. The van der Waals surface area contributed by atoms with Crippen LogP contribution in [0.25, 0.3) is 0 Å². The van der Waals surface area contributed by atoms with Crippen LogP contribution >= 0.6 is 12.2 Å². The highest BCUT2D eigenvalue weighted by Crippen LogP contribution is 2.19. The summed E-state index contributed by atoms with van der Waals surface area (Å²) >= 11 is 4.68. The highest BCUT2D eigenvalue weighted by atomic mass is 32.2. The van der Waals surface area contributed by atoms with Gasteiger partial charge in [-0.2, -0.15) is 4.31 Å². The van der Waals surface area contributed by atoms with Crippen molar-refractivity contribution in [3.63, 3.8) is 0 Å². The van der Waals surface area contributed by atoms with Gasteiger partial charge in [0, 0.05) is 18.7 Å². The molecule has 1 aromatic rings. The molecule has 0 aliphatic rings. The van der Waals surface area contributed by atoms with Gasteiger partial charge in [-0.05, 0) is 18.2 Å². The molecule has 0 amide bonds. The summed E-state index contributed by atoms with van der Waals surface area (Å²) in [6.45, 7) is 4.16. The molecule has 0 atom stereocenters. The lowest BCUT2D eigenvalue weighted by Crippen LogP contribution is -2.30. The van der Waals surface area contributed by atoms with Gasteiger partial charge in [0.2, 0.25) is 10.0 Å². The topological polar surface area (TPSA) is 63.4 Å². The van der Waals surface area contributed by atoms with Gasteiger partial charge in [-0.25, -0.2) is 12.8 Å². The predicted octanol–water partition coefficient (Wildman–Crippen LogP) is 1.49. The van der Waals surface area contributed by atoms with Gasteiger partial charge in [0.15, 0.2) is 0 Å². The Bertz CT molecular complexity index is 554. The number of benzene rings is 1. The fourth-order valence-corrected chi connectivity index (χ4v) is 3.21. The molecule has 0 unspecified atom stereocenters. The van der Waals surface area contributed by atoms with E-state index in [0.717, 1.165) is 6.07 Å². The Morgan fingerprint density at radius 2 is 1.94 bits per heavy atom. The fraction of sp³-hybridized carbons (Fsp3) is 0.364. The van der Waals surface area contributed by atoms with Gasteiger partial charge in [-0.3, -0.25) is 0 Å². The zero-order valence-corrected chi connectivity index (χ0v) is 11.8. The van der Waals surface area contributed by atoms with E-state index in [9.17, 15) is 12.8 Å². The summed E-state index contributed by atoms with van der Waals surface area (Å²) in [4.78, 5) is -0.167. The highest BCUT2D eigenvalue weighted by molar-refractivity contribution is 7.89. The van der Waals surface area contributed by atoms with Crippen molar-refractivity contribution in [3.05, 3.63) is 29.6 Å². The van der Waals surface area contributed by atoms with Crippen molar-refractivity contribution < 1.29 is 12.8 Å². The largest absolute Gasteiger partial charge is 0.389 e. The molecule has 7 heteroatoms. The second-order valence-electron chi connectivity index (χ2n) is 3.60.